The quantitative estimate of drug-likeness (QED) is 0.482. The molecule has 0 aliphatic carbocycles. The SMILES string of the molecule is CC[C@@H](NC(=O)[C@H](O)CS(=O)(=O)Cc1ccccc1OC(F)F)C(=O)N(C)OC. The topological polar surface area (TPSA) is 122 Å². The van der Waals surface area contributed by atoms with Crippen LogP contribution in [0.25, 0.3) is 0 Å². The van der Waals surface area contributed by atoms with Gasteiger partial charge >= 0.3 is 6.61 Å². The lowest BCUT2D eigenvalue weighted by atomic mass is 10.2. The van der Waals surface area contributed by atoms with Crippen molar-refractivity contribution in [2.45, 2.75) is 37.9 Å². The third-order valence-corrected chi connectivity index (χ3v) is 5.46. The maximum absolute atomic E-state index is 12.4. The predicted molar refractivity (Wildman–Crippen MR) is 98.6 cm³/mol. The van der Waals surface area contributed by atoms with Gasteiger partial charge in [0.2, 0.25) is 0 Å². The van der Waals surface area contributed by atoms with Gasteiger partial charge in [-0.3, -0.25) is 14.4 Å². The molecule has 0 saturated heterocycles. The summed E-state index contributed by atoms with van der Waals surface area (Å²) in [6, 6.07) is 4.29. The number of carbonyl (C=O) groups excluding carboxylic acids is 2. The number of benzene rings is 1. The predicted octanol–water partition coefficient (Wildman–Crippen LogP) is 0.478. The van der Waals surface area contributed by atoms with Crippen LogP contribution in [-0.4, -0.2) is 69.1 Å². The van der Waals surface area contributed by atoms with Crippen molar-refractivity contribution in [1.82, 2.24) is 10.4 Å². The number of hydrogen-bond acceptors (Lipinski definition) is 7. The zero-order chi connectivity index (χ0) is 22.2. The summed E-state index contributed by atoms with van der Waals surface area (Å²) >= 11 is 0. The summed E-state index contributed by atoms with van der Waals surface area (Å²) < 4.78 is 53.8. The number of aliphatic hydroxyl groups is 1. The smallest absolute Gasteiger partial charge is 0.387 e. The van der Waals surface area contributed by atoms with Crippen LogP contribution in [-0.2, 0) is 30.0 Å². The van der Waals surface area contributed by atoms with Crippen LogP contribution in [0.5, 0.6) is 5.75 Å². The van der Waals surface area contributed by atoms with E-state index in [2.05, 4.69) is 10.1 Å². The Bertz CT molecular complexity index is 805. The van der Waals surface area contributed by atoms with E-state index in [9.17, 15) is 31.9 Å². The fourth-order valence-electron chi connectivity index (χ4n) is 2.36. The molecule has 0 fully saturated rings. The molecule has 0 aliphatic rings. The number of sulfone groups is 1. The Morgan fingerprint density at radius 1 is 1.28 bits per heavy atom. The molecule has 2 atom stereocenters. The van der Waals surface area contributed by atoms with E-state index in [1.54, 1.807) is 6.92 Å². The van der Waals surface area contributed by atoms with E-state index in [0.29, 0.717) is 0 Å². The van der Waals surface area contributed by atoms with Crippen LogP contribution in [0, 0.1) is 0 Å². The number of aliphatic hydroxyl groups excluding tert-OH is 1. The summed E-state index contributed by atoms with van der Waals surface area (Å²) in [4.78, 5) is 28.9. The molecule has 9 nitrogen and oxygen atoms in total. The third kappa shape index (κ3) is 7.91. The molecular formula is C17H24F2N2O7S. The van der Waals surface area contributed by atoms with Crippen molar-refractivity contribution in [1.29, 1.82) is 0 Å². The maximum Gasteiger partial charge on any atom is 0.387 e. The van der Waals surface area contributed by atoms with Gasteiger partial charge in [0.15, 0.2) is 9.84 Å². The first-order chi connectivity index (χ1) is 13.5. The van der Waals surface area contributed by atoms with Crippen molar-refractivity contribution in [3.8, 4) is 5.75 Å². The second-order valence-electron chi connectivity index (χ2n) is 6.04. The first-order valence-corrected chi connectivity index (χ1v) is 10.4. The molecule has 0 radical (unpaired) electrons. The molecule has 0 spiro atoms. The average molecular weight is 438 g/mol. The Morgan fingerprint density at radius 3 is 2.45 bits per heavy atom. The van der Waals surface area contributed by atoms with Gasteiger partial charge < -0.3 is 15.2 Å². The molecule has 0 bridgehead atoms. The number of likely N-dealkylation sites (N-methyl/N-ethyl adjacent to an activating group) is 1. The Labute approximate surface area is 167 Å². The van der Waals surface area contributed by atoms with Gasteiger partial charge in [0.05, 0.1) is 18.6 Å². The summed E-state index contributed by atoms with van der Waals surface area (Å²) in [7, 11) is -1.49. The van der Waals surface area contributed by atoms with Gasteiger partial charge in [-0.1, -0.05) is 25.1 Å². The summed E-state index contributed by atoms with van der Waals surface area (Å²) in [5.41, 5.74) is -0.0382. The molecule has 1 rings (SSSR count). The highest BCUT2D eigenvalue weighted by Crippen LogP contribution is 2.23. The number of ether oxygens (including phenoxy) is 1. The van der Waals surface area contributed by atoms with E-state index in [1.807, 2.05) is 0 Å². The van der Waals surface area contributed by atoms with Gasteiger partial charge in [-0.15, -0.1) is 0 Å². The minimum atomic E-state index is -4.08. The molecule has 164 valence electrons. The minimum absolute atomic E-state index is 0.0382. The average Bonchev–Trinajstić information content (AvgIpc) is 2.65. The molecule has 0 aromatic heterocycles. The van der Waals surface area contributed by atoms with Crippen molar-refractivity contribution in [3.63, 3.8) is 0 Å². The van der Waals surface area contributed by atoms with Gasteiger partial charge in [0.1, 0.15) is 17.9 Å². The van der Waals surface area contributed by atoms with Crippen LogP contribution in [0.15, 0.2) is 24.3 Å². The van der Waals surface area contributed by atoms with E-state index in [0.717, 1.165) is 5.06 Å². The summed E-state index contributed by atoms with van der Waals surface area (Å²) in [5, 5.41) is 13.1. The van der Waals surface area contributed by atoms with Crippen molar-refractivity contribution in [2.75, 3.05) is 19.9 Å². The van der Waals surface area contributed by atoms with Crippen molar-refractivity contribution in [2.24, 2.45) is 0 Å². The number of rotatable bonds is 11. The van der Waals surface area contributed by atoms with E-state index < -0.39 is 51.9 Å². The minimum Gasteiger partial charge on any atom is -0.435 e. The second-order valence-corrected chi connectivity index (χ2v) is 8.15. The van der Waals surface area contributed by atoms with E-state index in [-0.39, 0.29) is 17.7 Å². The molecule has 1 aromatic carbocycles. The number of hydroxylamine groups is 2. The molecule has 0 heterocycles. The molecule has 12 heteroatoms. The Kier molecular flexibility index (Phi) is 9.40. The highest BCUT2D eigenvalue weighted by Gasteiger charge is 2.29. The number of amides is 2. The molecule has 2 N–H and O–H groups in total. The number of para-hydroxylation sites is 1. The number of halogens is 2. The Morgan fingerprint density at radius 2 is 1.90 bits per heavy atom. The second kappa shape index (κ2) is 11.0. The van der Waals surface area contributed by atoms with Gasteiger partial charge in [0.25, 0.3) is 11.8 Å². The standard InChI is InChI=1S/C17H24F2N2O7S/c1-4-12(16(24)21(2)27-3)20-15(23)13(22)10-29(25,26)9-11-7-5-6-8-14(11)28-17(18)19/h5-8,12-13,17,22H,4,9-10H2,1-3H3,(H,20,23)/t12-,13-/m1/s1. The first-order valence-electron chi connectivity index (χ1n) is 8.54. The van der Waals surface area contributed by atoms with Gasteiger partial charge in [-0.05, 0) is 12.5 Å². The number of nitrogens with zero attached hydrogens (tertiary/aromatic N) is 1. The number of hydrogen-bond donors (Lipinski definition) is 2. The molecule has 2 amide bonds. The van der Waals surface area contributed by atoms with Crippen LogP contribution in [0.2, 0.25) is 0 Å². The van der Waals surface area contributed by atoms with Crippen molar-refractivity contribution >= 4 is 21.7 Å². The summed E-state index contributed by atoms with van der Waals surface area (Å²) in [6.07, 6.45) is -1.78. The maximum atomic E-state index is 12.4. The number of carbonyl (C=O) groups is 2. The Balaban J connectivity index is 2.81. The van der Waals surface area contributed by atoms with Crippen LogP contribution in [0.4, 0.5) is 8.78 Å². The monoisotopic (exact) mass is 438 g/mol. The van der Waals surface area contributed by atoms with Crippen molar-refractivity contribution in [3.05, 3.63) is 29.8 Å². The zero-order valence-corrected chi connectivity index (χ0v) is 17.0. The molecule has 29 heavy (non-hydrogen) atoms. The molecule has 1 aromatic rings. The molecule has 0 aliphatic heterocycles. The molecule has 0 unspecified atom stereocenters. The van der Waals surface area contributed by atoms with Crippen LogP contribution >= 0.6 is 0 Å². The lowest BCUT2D eigenvalue weighted by Gasteiger charge is -2.22. The first kappa shape index (κ1) is 24.7. The molecule has 0 saturated carbocycles. The van der Waals surface area contributed by atoms with Crippen LogP contribution in [0.3, 0.4) is 0 Å². The largest absolute Gasteiger partial charge is 0.435 e. The lowest BCUT2D eigenvalue weighted by molar-refractivity contribution is -0.172. The summed E-state index contributed by atoms with van der Waals surface area (Å²) in [6.45, 7) is -1.53. The summed E-state index contributed by atoms with van der Waals surface area (Å²) in [5.74, 6) is -3.65. The fraction of sp³-hybridized carbons (Fsp3) is 0.529. The Hall–Kier alpha value is -2.31. The van der Waals surface area contributed by atoms with Crippen molar-refractivity contribution < 1.29 is 41.5 Å². The van der Waals surface area contributed by atoms with Gasteiger partial charge in [-0.2, -0.15) is 8.78 Å². The zero-order valence-electron chi connectivity index (χ0n) is 16.2. The number of nitrogens with one attached hydrogen (secondary N) is 1. The fourth-order valence-corrected chi connectivity index (χ4v) is 3.82. The van der Waals surface area contributed by atoms with Crippen LogP contribution < -0.4 is 10.1 Å². The number of alkyl halides is 2. The third-order valence-electron chi connectivity index (χ3n) is 3.89. The van der Waals surface area contributed by atoms with E-state index >= 15 is 0 Å². The lowest BCUT2D eigenvalue weighted by Crippen LogP contribution is -2.50. The highest BCUT2D eigenvalue weighted by molar-refractivity contribution is 7.90. The van der Waals surface area contributed by atoms with Gasteiger partial charge in [0, 0.05) is 12.6 Å². The highest BCUT2D eigenvalue weighted by atomic mass is 32.2. The molecular weight excluding hydrogens is 414 g/mol. The van der Waals surface area contributed by atoms with Gasteiger partial charge in [-0.25, -0.2) is 13.5 Å². The van der Waals surface area contributed by atoms with E-state index in [1.165, 1.54) is 38.4 Å². The normalized spacial score (nSPS) is 13.6. The van der Waals surface area contributed by atoms with Crippen LogP contribution in [0.1, 0.15) is 18.9 Å². The van der Waals surface area contributed by atoms with E-state index in [4.69, 9.17) is 4.84 Å².